The van der Waals surface area contributed by atoms with Gasteiger partial charge in [-0.05, 0) is 18.1 Å². The van der Waals surface area contributed by atoms with Crippen LogP contribution in [0.5, 0.6) is 11.5 Å². The molecule has 0 aliphatic carbocycles. The van der Waals surface area contributed by atoms with Gasteiger partial charge in [-0.1, -0.05) is 25.2 Å². The van der Waals surface area contributed by atoms with E-state index in [9.17, 15) is 5.11 Å². The number of ether oxygens (including phenoxy) is 1. The number of aromatic hydroxyl groups is 1. The van der Waals surface area contributed by atoms with Gasteiger partial charge >= 0.3 is 0 Å². The van der Waals surface area contributed by atoms with E-state index >= 15 is 0 Å². The highest BCUT2D eigenvalue weighted by atomic mass is 32.1. The average Bonchev–Trinajstić information content (AvgIpc) is 2.97. The molecule has 2 N–H and O–H groups in total. The van der Waals surface area contributed by atoms with Gasteiger partial charge in [-0.2, -0.15) is 0 Å². The number of phenolic OH excluding ortho intramolecular Hbond substituents is 1. The topological polar surface area (TPSA) is 67.3 Å². The summed E-state index contributed by atoms with van der Waals surface area (Å²) in [6.45, 7) is 4.88. The molecule has 1 aromatic carbocycles. The lowest BCUT2D eigenvalue weighted by molar-refractivity contribution is 0.338. The number of phenols is 1. The molecule has 1 aliphatic heterocycles. The molecule has 1 unspecified atom stereocenters. The van der Waals surface area contributed by atoms with Gasteiger partial charge in [-0.25, -0.2) is 0 Å². The lowest BCUT2D eigenvalue weighted by Gasteiger charge is -2.09. The van der Waals surface area contributed by atoms with Crippen LogP contribution >= 0.6 is 11.3 Å². The van der Waals surface area contributed by atoms with Crippen LogP contribution in [0.2, 0.25) is 0 Å². The Hall–Kier alpha value is -1.82. The molecule has 2 heterocycles. The van der Waals surface area contributed by atoms with Crippen LogP contribution in [-0.2, 0) is 6.42 Å². The molecule has 1 aromatic heterocycles. The lowest BCUT2D eigenvalue weighted by Crippen LogP contribution is -2.11. The van der Waals surface area contributed by atoms with E-state index in [1.807, 2.05) is 6.07 Å². The van der Waals surface area contributed by atoms with Gasteiger partial charge in [0.2, 0.25) is 5.13 Å². The van der Waals surface area contributed by atoms with Gasteiger partial charge in [-0.15, -0.1) is 10.2 Å². The van der Waals surface area contributed by atoms with Crippen molar-refractivity contribution >= 4 is 16.5 Å². The van der Waals surface area contributed by atoms with Crippen LogP contribution in [-0.4, -0.2) is 21.9 Å². The molecule has 5 nitrogen and oxygen atoms in total. The maximum atomic E-state index is 9.44. The minimum atomic E-state index is 0.0606. The largest absolute Gasteiger partial charge is 0.508 e. The summed E-state index contributed by atoms with van der Waals surface area (Å²) >= 11 is 1.59. The first-order valence-electron chi connectivity index (χ1n) is 6.66. The number of aromatic nitrogens is 2. The van der Waals surface area contributed by atoms with Crippen molar-refractivity contribution in [3.63, 3.8) is 0 Å². The minimum Gasteiger partial charge on any atom is -0.508 e. The predicted molar refractivity (Wildman–Crippen MR) is 78.4 cm³/mol. The number of fused-ring (bicyclic) bond motifs is 1. The van der Waals surface area contributed by atoms with E-state index in [-0.39, 0.29) is 11.8 Å². The van der Waals surface area contributed by atoms with Gasteiger partial charge in [-0.3, -0.25) is 0 Å². The standard InChI is InChI=1S/C14H17N3O2S/c1-8(2)5-13-16-17-14(20-13)15-11-7-19-12-6-9(18)3-4-10(11)12/h3-4,6,8,11,18H,5,7H2,1-2H3,(H,15,17). The Balaban J connectivity index is 1.72. The van der Waals surface area contributed by atoms with E-state index in [0.717, 1.165) is 27.9 Å². The Kier molecular flexibility index (Phi) is 3.48. The molecule has 6 heteroatoms. The number of rotatable bonds is 4. The molecule has 3 rings (SSSR count). The van der Waals surface area contributed by atoms with Gasteiger partial charge in [0, 0.05) is 18.1 Å². The maximum absolute atomic E-state index is 9.44. The van der Waals surface area contributed by atoms with Crippen molar-refractivity contribution in [2.24, 2.45) is 5.92 Å². The molecule has 106 valence electrons. The molecule has 0 fully saturated rings. The number of hydrogen-bond donors (Lipinski definition) is 2. The van der Waals surface area contributed by atoms with Crippen LogP contribution in [0.3, 0.4) is 0 Å². The molecule has 1 aliphatic rings. The molecule has 0 amide bonds. The molecule has 0 bridgehead atoms. The van der Waals surface area contributed by atoms with Gasteiger partial charge in [0.25, 0.3) is 0 Å². The van der Waals surface area contributed by atoms with Crippen molar-refractivity contribution in [1.82, 2.24) is 10.2 Å². The molecule has 0 saturated heterocycles. The second-order valence-corrected chi connectivity index (χ2v) is 6.39. The van der Waals surface area contributed by atoms with Crippen LogP contribution in [0.25, 0.3) is 0 Å². The van der Waals surface area contributed by atoms with Crippen molar-refractivity contribution in [2.75, 3.05) is 11.9 Å². The summed E-state index contributed by atoms with van der Waals surface area (Å²) in [6.07, 6.45) is 0.949. The van der Waals surface area contributed by atoms with Crippen molar-refractivity contribution in [3.05, 3.63) is 28.8 Å². The van der Waals surface area contributed by atoms with Crippen LogP contribution < -0.4 is 10.1 Å². The smallest absolute Gasteiger partial charge is 0.206 e. The van der Waals surface area contributed by atoms with Crippen molar-refractivity contribution in [2.45, 2.75) is 26.3 Å². The fourth-order valence-electron chi connectivity index (χ4n) is 2.21. The molecular weight excluding hydrogens is 274 g/mol. The highest BCUT2D eigenvalue weighted by Gasteiger charge is 2.25. The first-order chi connectivity index (χ1) is 9.61. The van der Waals surface area contributed by atoms with Crippen molar-refractivity contribution < 1.29 is 9.84 Å². The summed E-state index contributed by atoms with van der Waals surface area (Å²) in [6, 6.07) is 5.25. The van der Waals surface area contributed by atoms with Crippen LogP contribution in [0.15, 0.2) is 18.2 Å². The second kappa shape index (κ2) is 5.28. The highest BCUT2D eigenvalue weighted by Crippen LogP contribution is 2.37. The Morgan fingerprint density at radius 1 is 1.45 bits per heavy atom. The Morgan fingerprint density at radius 3 is 3.10 bits per heavy atom. The van der Waals surface area contributed by atoms with E-state index in [1.54, 1.807) is 23.5 Å². The predicted octanol–water partition coefficient (Wildman–Crippen LogP) is 2.99. The number of nitrogens with zero attached hydrogens (tertiary/aromatic N) is 2. The molecule has 0 saturated carbocycles. The van der Waals surface area contributed by atoms with Gasteiger partial charge in [0.1, 0.15) is 23.1 Å². The summed E-state index contributed by atoms with van der Waals surface area (Å²) in [5, 5.41) is 23.0. The number of anilines is 1. The summed E-state index contributed by atoms with van der Waals surface area (Å²) in [5.74, 6) is 1.53. The average molecular weight is 291 g/mol. The Labute approximate surface area is 121 Å². The Bertz CT molecular complexity index is 612. The molecular formula is C14H17N3O2S. The fourth-order valence-corrected chi connectivity index (χ4v) is 3.22. The second-order valence-electron chi connectivity index (χ2n) is 5.33. The summed E-state index contributed by atoms with van der Waals surface area (Å²) in [7, 11) is 0. The van der Waals surface area contributed by atoms with Crippen molar-refractivity contribution in [3.8, 4) is 11.5 Å². The van der Waals surface area contributed by atoms with Crippen molar-refractivity contribution in [1.29, 1.82) is 0 Å². The molecule has 0 spiro atoms. The zero-order valence-corrected chi connectivity index (χ0v) is 12.3. The van der Waals surface area contributed by atoms with E-state index in [1.165, 1.54) is 0 Å². The molecule has 1 atom stereocenters. The summed E-state index contributed by atoms with van der Waals surface area (Å²) in [5.41, 5.74) is 1.04. The van der Waals surface area contributed by atoms with E-state index in [0.29, 0.717) is 12.5 Å². The number of nitrogens with one attached hydrogen (secondary N) is 1. The van der Waals surface area contributed by atoms with Gasteiger partial charge in [0.05, 0.1) is 6.04 Å². The third kappa shape index (κ3) is 2.70. The Morgan fingerprint density at radius 2 is 2.30 bits per heavy atom. The monoisotopic (exact) mass is 291 g/mol. The lowest BCUT2D eigenvalue weighted by atomic mass is 10.1. The highest BCUT2D eigenvalue weighted by molar-refractivity contribution is 7.15. The van der Waals surface area contributed by atoms with E-state index in [4.69, 9.17) is 4.74 Å². The third-order valence-corrected chi connectivity index (χ3v) is 4.00. The van der Waals surface area contributed by atoms with E-state index < -0.39 is 0 Å². The molecule has 2 aromatic rings. The zero-order chi connectivity index (χ0) is 14.1. The fraction of sp³-hybridized carbons (Fsp3) is 0.429. The summed E-state index contributed by atoms with van der Waals surface area (Å²) < 4.78 is 5.57. The van der Waals surface area contributed by atoms with E-state index in [2.05, 4.69) is 29.4 Å². The minimum absolute atomic E-state index is 0.0606. The van der Waals surface area contributed by atoms with Gasteiger partial charge < -0.3 is 15.2 Å². The third-order valence-electron chi connectivity index (χ3n) is 3.13. The number of benzene rings is 1. The van der Waals surface area contributed by atoms with Gasteiger partial charge in [0.15, 0.2) is 0 Å². The molecule has 0 radical (unpaired) electrons. The normalized spacial score (nSPS) is 17.1. The summed E-state index contributed by atoms with van der Waals surface area (Å²) in [4.78, 5) is 0. The molecule has 20 heavy (non-hydrogen) atoms. The van der Waals surface area contributed by atoms with Crippen LogP contribution in [0.1, 0.15) is 30.5 Å². The first-order valence-corrected chi connectivity index (χ1v) is 7.48. The quantitative estimate of drug-likeness (QED) is 0.906. The van der Waals surface area contributed by atoms with Crippen LogP contribution in [0, 0.1) is 5.92 Å². The SMILES string of the molecule is CC(C)Cc1nnc(NC2COc3cc(O)ccc32)s1. The maximum Gasteiger partial charge on any atom is 0.206 e. The zero-order valence-electron chi connectivity index (χ0n) is 11.5. The van der Waals surface area contributed by atoms with Crippen LogP contribution in [0.4, 0.5) is 5.13 Å². The first kappa shape index (κ1) is 13.2. The number of hydrogen-bond acceptors (Lipinski definition) is 6.